The monoisotopic (exact) mass is 992 g/mol. The van der Waals surface area contributed by atoms with Crippen LogP contribution < -0.4 is 14.8 Å². The molecule has 2 aromatic heterocycles. The molecule has 2 aliphatic carbocycles. The summed E-state index contributed by atoms with van der Waals surface area (Å²) in [6.07, 6.45) is 9.88. The van der Waals surface area contributed by atoms with E-state index in [1.165, 1.54) is 17.4 Å². The van der Waals surface area contributed by atoms with Crippen molar-refractivity contribution in [2.45, 2.75) is 140 Å². The number of amides is 1. The Kier molecular flexibility index (Phi) is 14.5. The molecule has 16 heteroatoms. The molecule has 0 radical (unpaired) electrons. The van der Waals surface area contributed by atoms with E-state index >= 15 is 14.0 Å². The lowest BCUT2D eigenvalue weighted by Crippen LogP contribution is -2.45. The third-order valence-corrected chi connectivity index (χ3v) is 18.0. The number of carbonyl (C=O) groups excluding carboxylic acids is 3. The second kappa shape index (κ2) is 20.0. The zero-order chi connectivity index (χ0) is 46.0. The van der Waals surface area contributed by atoms with E-state index in [-0.39, 0.29) is 61.1 Å². The molecule has 12 nitrogen and oxygen atoms in total. The predicted molar refractivity (Wildman–Crippen MR) is 254 cm³/mol. The van der Waals surface area contributed by atoms with Gasteiger partial charge in [-0.1, -0.05) is 37.1 Å². The maximum atomic E-state index is 15.2. The number of ether oxygens (including phenoxy) is 3. The van der Waals surface area contributed by atoms with E-state index in [0.717, 1.165) is 50.1 Å². The molecule has 65 heavy (non-hydrogen) atoms. The van der Waals surface area contributed by atoms with Crippen LogP contribution in [0.25, 0.3) is 22.3 Å². The lowest BCUT2D eigenvalue weighted by Gasteiger charge is -2.30. The number of nitrogens with one attached hydrogen (secondary N) is 1. The topological polar surface area (TPSA) is 157 Å². The standard InChI is InChI=1S/C49H59BrFN4O8PS/c1-29(2)52-48-54-39(28-65-48)38-23-43(35-19-20-42(61-4)45(50)46(35)53-38)62-34-22-40-41(56)25-49(64(59,60)27-36-30(3)13-12-18-37(36)51)24-32(49)15-9-7-5-6-8-14-31(47(58)55(40)26-34)21-44(57)63-33-16-10-11-17-33/h9,12-13,15,18-20,23,28-29,31-34,40H,5-8,10-11,14,16-17,21-22,24-27H2,1-4H3,(H,52,54)(H,59,60)/b15-9-/t31-,32-,34-,40+,49-/m1/s1. The number of anilines is 1. The number of hydrogen-bond donors (Lipinski definition) is 2. The summed E-state index contributed by atoms with van der Waals surface area (Å²) in [5.41, 5.74) is 2.49. The molecular formula is C49H59BrFN4O8PS. The number of methoxy groups -OCH3 is 1. The Morgan fingerprint density at radius 1 is 1.06 bits per heavy atom. The molecule has 2 saturated carbocycles. The van der Waals surface area contributed by atoms with Gasteiger partial charge >= 0.3 is 5.97 Å². The first-order chi connectivity index (χ1) is 31.2. The molecule has 4 aliphatic rings. The number of hydrogen-bond acceptors (Lipinski definition) is 11. The Bertz CT molecular complexity index is 2490. The summed E-state index contributed by atoms with van der Waals surface area (Å²) in [7, 11) is -2.66. The molecule has 0 bridgehead atoms. The number of halogens is 2. The van der Waals surface area contributed by atoms with Gasteiger partial charge in [0.15, 0.2) is 10.9 Å². The quantitative estimate of drug-likeness (QED) is 0.0791. The summed E-state index contributed by atoms with van der Waals surface area (Å²) in [4.78, 5) is 66.9. The van der Waals surface area contributed by atoms with E-state index in [1.54, 1.807) is 31.1 Å². The van der Waals surface area contributed by atoms with E-state index in [0.29, 0.717) is 63.1 Å². The highest BCUT2D eigenvalue weighted by molar-refractivity contribution is 9.10. The van der Waals surface area contributed by atoms with Crippen molar-refractivity contribution in [3.63, 3.8) is 0 Å². The van der Waals surface area contributed by atoms with Crippen LogP contribution in [0.4, 0.5) is 9.52 Å². The summed E-state index contributed by atoms with van der Waals surface area (Å²) >= 11 is 5.16. The van der Waals surface area contributed by atoms with E-state index in [2.05, 4.69) is 21.2 Å². The van der Waals surface area contributed by atoms with Crippen molar-refractivity contribution in [1.29, 1.82) is 0 Å². The van der Waals surface area contributed by atoms with Gasteiger partial charge in [0.05, 0.1) is 53.1 Å². The Morgan fingerprint density at radius 3 is 2.60 bits per heavy atom. The molecule has 3 fully saturated rings. The van der Waals surface area contributed by atoms with Crippen LogP contribution in [0, 0.1) is 24.6 Å². The predicted octanol–water partition coefficient (Wildman–Crippen LogP) is 10.9. The highest BCUT2D eigenvalue weighted by Crippen LogP contribution is 2.74. The van der Waals surface area contributed by atoms with Crippen LogP contribution >= 0.6 is 34.6 Å². The van der Waals surface area contributed by atoms with Gasteiger partial charge in [0.25, 0.3) is 0 Å². The lowest BCUT2D eigenvalue weighted by molar-refractivity contribution is -0.154. The fourth-order valence-corrected chi connectivity index (χ4v) is 14.0. The second-order valence-corrected chi connectivity index (χ2v) is 22.9. The lowest BCUT2D eigenvalue weighted by atomic mass is 9.94. The van der Waals surface area contributed by atoms with Gasteiger partial charge in [-0.25, -0.2) is 14.4 Å². The van der Waals surface area contributed by atoms with Crippen LogP contribution in [0.1, 0.15) is 108 Å². The number of pyridine rings is 1. The number of allylic oxidation sites excluding steroid dienone is 2. The highest BCUT2D eigenvalue weighted by Gasteiger charge is 2.65. The van der Waals surface area contributed by atoms with Gasteiger partial charge in [0, 0.05) is 47.2 Å². The van der Waals surface area contributed by atoms with Crippen LogP contribution in [0.5, 0.6) is 11.5 Å². The Labute approximate surface area is 392 Å². The van der Waals surface area contributed by atoms with Crippen LogP contribution in [0.3, 0.4) is 0 Å². The van der Waals surface area contributed by atoms with E-state index in [4.69, 9.17) is 24.2 Å². The largest absolute Gasteiger partial charge is 0.495 e. The van der Waals surface area contributed by atoms with Gasteiger partial charge in [0.1, 0.15) is 35.2 Å². The molecule has 0 spiro atoms. The van der Waals surface area contributed by atoms with Crippen LogP contribution in [0.2, 0.25) is 0 Å². The van der Waals surface area contributed by atoms with Gasteiger partial charge in [0.2, 0.25) is 13.3 Å². The average molecular weight is 994 g/mol. The van der Waals surface area contributed by atoms with Crippen LogP contribution in [0.15, 0.2) is 58.4 Å². The number of benzene rings is 2. The Balaban J connectivity index is 1.15. The minimum Gasteiger partial charge on any atom is -0.495 e. The Morgan fingerprint density at radius 2 is 1.85 bits per heavy atom. The molecule has 6 atom stereocenters. The summed E-state index contributed by atoms with van der Waals surface area (Å²) in [6, 6.07) is 9.22. The molecular weight excluding hydrogens is 935 g/mol. The summed E-state index contributed by atoms with van der Waals surface area (Å²) in [6.45, 7) is 5.83. The Hall–Kier alpha value is -4.17. The zero-order valence-corrected chi connectivity index (χ0v) is 40.8. The smallest absolute Gasteiger partial charge is 0.306 e. The van der Waals surface area contributed by atoms with E-state index in [9.17, 15) is 14.3 Å². The number of aromatic nitrogens is 2. The van der Waals surface area contributed by atoms with Crippen molar-refractivity contribution in [1.82, 2.24) is 14.9 Å². The molecule has 4 aromatic rings. The molecule has 1 amide bonds. The third kappa shape index (κ3) is 10.4. The summed E-state index contributed by atoms with van der Waals surface area (Å²) < 4.78 is 49.0. The molecule has 1 unspecified atom stereocenters. The number of nitrogens with zero attached hydrogens (tertiary/aromatic N) is 3. The number of ketones is 1. The van der Waals surface area contributed by atoms with Gasteiger partial charge in [-0.2, -0.15) is 0 Å². The summed E-state index contributed by atoms with van der Waals surface area (Å²) in [5, 5.41) is 5.35. The molecule has 4 heterocycles. The molecule has 2 aliphatic heterocycles. The zero-order valence-electron chi connectivity index (χ0n) is 37.5. The number of carbonyl (C=O) groups is 3. The van der Waals surface area contributed by atoms with Gasteiger partial charge < -0.3 is 29.3 Å². The summed E-state index contributed by atoms with van der Waals surface area (Å²) in [5.74, 6) is -1.73. The maximum Gasteiger partial charge on any atom is 0.306 e. The van der Waals surface area contributed by atoms with E-state index in [1.807, 2.05) is 49.6 Å². The van der Waals surface area contributed by atoms with Gasteiger partial charge in [-0.15, -0.1) is 11.3 Å². The second-order valence-electron chi connectivity index (χ2n) is 18.6. The first-order valence-electron chi connectivity index (χ1n) is 23.0. The van der Waals surface area contributed by atoms with Crippen molar-refractivity contribution in [2.24, 2.45) is 11.8 Å². The molecule has 1 saturated heterocycles. The highest BCUT2D eigenvalue weighted by atomic mass is 79.9. The fraction of sp³-hybridized carbons (Fsp3) is 0.531. The third-order valence-electron chi connectivity index (χ3n) is 13.6. The molecule has 2 N–H and O–H groups in total. The van der Waals surface area contributed by atoms with Gasteiger partial charge in [-0.3, -0.25) is 18.9 Å². The molecule has 2 aromatic carbocycles. The number of thiazole rings is 1. The number of fused-ring (bicyclic) bond motifs is 3. The number of aryl methyl sites for hydroxylation is 1. The number of rotatable bonds is 12. The molecule has 8 rings (SSSR count). The van der Waals surface area contributed by atoms with Crippen LogP contribution in [-0.2, 0) is 29.8 Å². The van der Waals surface area contributed by atoms with Gasteiger partial charge in [-0.05, 0) is 118 Å². The number of esters is 1. The van der Waals surface area contributed by atoms with Crippen molar-refractivity contribution >= 4 is 68.3 Å². The first-order valence-corrected chi connectivity index (χ1v) is 26.5. The average Bonchev–Trinajstić information content (AvgIpc) is 3.68. The van der Waals surface area contributed by atoms with Crippen molar-refractivity contribution in [3.05, 3.63) is 75.3 Å². The SMILES string of the molecule is COc1ccc2c(O[C@@H]3C[C@H]4C(=O)C[C@]5(P(=O)(O)Cc6c(C)cccc6F)C[C@H]5/C=C\CCCCC[C@H](CC(=O)OC5CCCC5)C(=O)N4C3)cc(-c3csc(NC(C)C)n3)nc2c1Br. The first kappa shape index (κ1) is 47.3. The van der Waals surface area contributed by atoms with E-state index < -0.39 is 48.5 Å². The minimum absolute atomic E-state index is 0.0422. The fourth-order valence-electron chi connectivity index (χ4n) is 9.95. The maximum absolute atomic E-state index is 15.2. The molecule has 348 valence electrons. The van der Waals surface area contributed by atoms with Crippen LogP contribution in [-0.4, -0.2) is 80.5 Å². The van der Waals surface area contributed by atoms with Crippen molar-refractivity contribution in [2.75, 3.05) is 19.0 Å². The van der Waals surface area contributed by atoms with Crippen molar-refractivity contribution < 1.29 is 42.4 Å². The van der Waals surface area contributed by atoms with Crippen molar-refractivity contribution in [3.8, 4) is 22.9 Å². The number of Topliss-reactive ketones (excluding diaryl/α,β-unsaturated/α-hetero) is 1. The normalized spacial score (nSPS) is 25.6. The minimum atomic E-state index is -4.24.